The van der Waals surface area contributed by atoms with E-state index in [2.05, 4.69) is 4.98 Å². The van der Waals surface area contributed by atoms with Gasteiger partial charge in [0.1, 0.15) is 5.15 Å². The van der Waals surface area contributed by atoms with Gasteiger partial charge in [0.25, 0.3) is 0 Å². The summed E-state index contributed by atoms with van der Waals surface area (Å²) in [5.74, 6) is -0.784. The largest absolute Gasteiger partial charge is 0.417 e. The highest BCUT2D eigenvalue weighted by molar-refractivity contribution is 6.30. The molecule has 2 N–H and O–H groups in total. The molecule has 16 heavy (non-hydrogen) atoms. The zero-order valence-corrected chi connectivity index (χ0v) is 8.51. The zero-order valence-electron chi connectivity index (χ0n) is 7.75. The van der Waals surface area contributed by atoms with Crippen LogP contribution in [0.4, 0.5) is 13.2 Å². The molecule has 0 aliphatic carbocycles. The van der Waals surface area contributed by atoms with E-state index in [0.29, 0.717) is 6.20 Å². The summed E-state index contributed by atoms with van der Waals surface area (Å²) in [7, 11) is 0. The Morgan fingerprint density at radius 3 is 2.62 bits per heavy atom. The molecular formula is C9H6ClF3N2O. The molecular weight excluding hydrogens is 245 g/mol. The summed E-state index contributed by atoms with van der Waals surface area (Å²) >= 11 is 5.55. The number of nitrogens with two attached hydrogens (primary N) is 1. The molecule has 0 bridgehead atoms. The third-order valence-electron chi connectivity index (χ3n) is 1.62. The summed E-state index contributed by atoms with van der Waals surface area (Å²) in [6, 6.07) is 0.786. The van der Waals surface area contributed by atoms with Crippen LogP contribution in [-0.2, 0) is 11.0 Å². The smallest absolute Gasteiger partial charge is 0.366 e. The van der Waals surface area contributed by atoms with Crippen molar-refractivity contribution < 1.29 is 18.0 Å². The fourth-order valence-electron chi connectivity index (χ4n) is 0.909. The fraction of sp³-hybridized carbons (Fsp3) is 0.111. The number of primary amides is 1. The monoisotopic (exact) mass is 250 g/mol. The lowest BCUT2D eigenvalue weighted by Crippen LogP contribution is -2.07. The summed E-state index contributed by atoms with van der Waals surface area (Å²) in [5, 5.41) is -0.134. The number of pyridine rings is 1. The standard InChI is InChI=1S/C9H6ClF3N2O/c10-8-5(1-2-7(14)16)3-6(4-15-8)9(11,12)13/h1-4H,(H2,14,16). The van der Waals surface area contributed by atoms with Crippen molar-refractivity contribution in [3.63, 3.8) is 0 Å². The van der Waals surface area contributed by atoms with Crippen LogP contribution in [0, 0.1) is 0 Å². The summed E-state index contributed by atoms with van der Waals surface area (Å²) in [6.07, 6.45) is -1.91. The van der Waals surface area contributed by atoms with Gasteiger partial charge >= 0.3 is 6.18 Å². The van der Waals surface area contributed by atoms with Crippen LogP contribution in [0.25, 0.3) is 6.08 Å². The minimum Gasteiger partial charge on any atom is -0.366 e. The van der Waals surface area contributed by atoms with Gasteiger partial charge in [0, 0.05) is 17.8 Å². The molecule has 0 unspecified atom stereocenters. The molecule has 1 aromatic rings. The molecule has 0 fully saturated rings. The van der Waals surface area contributed by atoms with Crippen LogP contribution in [0.3, 0.4) is 0 Å². The van der Waals surface area contributed by atoms with Crippen molar-refractivity contribution >= 4 is 23.6 Å². The number of nitrogens with zero attached hydrogens (tertiary/aromatic N) is 1. The first-order valence-corrected chi connectivity index (χ1v) is 4.39. The van der Waals surface area contributed by atoms with Gasteiger partial charge in [-0.15, -0.1) is 0 Å². The molecule has 0 radical (unpaired) electrons. The zero-order chi connectivity index (χ0) is 12.3. The van der Waals surface area contributed by atoms with Gasteiger partial charge < -0.3 is 5.73 Å². The number of hydrogen-bond donors (Lipinski definition) is 1. The number of rotatable bonds is 2. The second kappa shape index (κ2) is 4.52. The van der Waals surface area contributed by atoms with Crippen molar-refractivity contribution in [3.8, 4) is 0 Å². The molecule has 0 aliphatic rings. The Balaban J connectivity index is 3.14. The Hall–Kier alpha value is -1.56. The molecule has 0 spiro atoms. The molecule has 0 aliphatic heterocycles. The molecule has 1 amide bonds. The number of carbonyl (C=O) groups is 1. The second-order valence-electron chi connectivity index (χ2n) is 2.84. The van der Waals surface area contributed by atoms with Gasteiger partial charge in [-0.25, -0.2) is 4.98 Å². The first-order chi connectivity index (χ1) is 7.30. The molecule has 0 aromatic carbocycles. The number of alkyl halides is 3. The third kappa shape index (κ3) is 3.23. The van der Waals surface area contributed by atoms with Crippen LogP contribution in [0.2, 0.25) is 5.15 Å². The van der Waals surface area contributed by atoms with Gasteiger partial charge in [-0.1, -0.05) is 11.6 Å². The number of halogens is 4. The topological polar surface area (TPSA) is 56.0 Å². The fourth-order valence-corrected chi connectivity index (χ4v) is 1.08. The molecule has 0 saturated heterocycles. The lowest BCUT2D eigenvalue weighted by Gasteiger charge is -2.07. The predicted molar refractivity (Wildman–Crippen MR) is 52.5 cm³/mol. The summed E-state index contributed by atoms with van der Waals surface area (Å²) in [4.78, 5) is 13.8. The molecule has 1 aromatic heterocycles. The highest BCUT2D eigenvalue weighted by atomic mass is 35.5. The number of amides is 1. The van der Waals surface area contributed by atoms with E-state index in [1.54, 1.807) is 0 Å². The van der Waals surface area contributed by atoms with Gasteiger partial charge in [0.05, 0.1) is 5.56 Å². The molecule has 1 heterocycles. The lowest BCUT2D eigenvalue weighted by molar-refractivity contribution is -0.137. The van der Waals surface area contributed by atoms with Crippen LogP contribution >= 0.6 is 11.6 Å². The number of aromatic nitrogens is 1. The van der Waals surface area contributed by atoms with E-state index in [1.165, 1.54) is 0 Å². The lowest BCUT2D eigenvalue weighted by atomic mass is 10.2. The van der Waals surface area contributed by atoms with Gasteiger partial charge in [-0.05, 0) is 12.1 Å². The van der Waals surface area contributed by atoms with Crippen molar-refractivity contribution in [2.24, 2.45) is 5.73 Å². The minimum absolute atomic E-state index is 0.0182. The van der Waals surface area contributed by atoms with Crippen molar-refractivity contribution in [2.75, 3.05) is 0 Å². The maximum Gasteiger partial charge on any atom is 0.417 e. The Bertz CT molecular complexity index is 443. The Labute approximate surface area is 93.7 Å². The van der Waals surface area contributed by atoms with E-state index in [9.17, 15) is 18.0 Å². The Kier molecular flexibility index (Phi) is 3.54. The number of hydrogen-bond acceptors (Lipinski definition) is 2. The van der Waals surface area contributed by atoms with Crippen molar-refractivity contribution in [1.29, 1.82) is 0 Å². The van der Waals surface area contributed by atoms with Gasteiger partial charge in [-0.3, -0.25) is 4.79 Å². The van der Waals surface area contributed by atoms with Crippen LogP contribution in [0.1, 0.15) is 11.1 Å². The van der Waals surface area contributed by atoms with E-state index in [1.807, 2.05) is 0 Å². The first kappa shape index (κ1) is 12.5. The first-order valence-electron chi connectivity index (χ1n) is 4.01. The van der Waals surface area contributed by atoms with E-state index in [0.717, 1.165) is 18.2 Å². The average molecular weight is 251 g/mol. The van der Waals surface area contributed by atoms with Crippen LogP contribution in [0.5, 0.6) is 0 Å². The maximum atomic E-state index is 12.3. The molecule has 1 rings (SSSR count). The summed E-state index contributed by atoms with van der Waals surface area (Å²) in [6.45, 7) is 0. The van der Waals surface area contributed by atoms with Gasteiger partial charge in [0.2, 0.25) is 5.91 Å². The second-order valence-corrected chi connectivity index (χ2v) is 3.20. The highest BCUT2D eigenvalue weighted by Crippen LogP contribution is 2.30. The van der Waals surface area contributed by atoms with Gasteiger partial charge in [0.15, 0.2) is 0 Å². The van der Waals surface area contributed by atoms with Crippen LogP contribution in [0.15, 0.2) is 18.3 Å². The SMILES string of the molecule is NC(=O)C=Cc1cc(C(F)(F)F)cnc1Cl. The number of carbonyl (C=O) groups excluding carboxylic acids is 1. The Morgan fingerprint density at radius 1 is 1.50 bits per heavy atom. The van der Waals surface area contributed by atoms with E-state index < -0.39 is 17.6 Å². The molecule has 0 saturated carbocycles. The predicted octanol–water partition coefficient (Wildman–Crippen LogP) is 2.25. The third-order valence-corrected chi connectivity index (χ3v) is 1.94. The van der Waals surface area contributed by atoms with Crippen LogP contribution < -0.4 is 5.73 Å². The van der Waals surface area contributed by atoms with E-state index >= 15 is 0 Å². The molecule has 3 nitrogen and oxygen atoms in total. The van der Waals surface area contributed by atoms with Crippen LogP contribution in [-0.4, -0.2) is 10.9 Å². The van der Waals surface area contributed by atoms with Crippen molar-refractivity contribution in [1.82, 2.24) is 4.98 Å². The normalized spacial score (nSPS) is 12.0. The molecule has 86 valence electrons. The van der Waals surface area contributed by atoms with E-state index in [4.69, 9.17) is 17.3 Å². The van der Waals surface area contributed by atoms with E-state index in [-0.39, 0.29) is 10.7 Å². The van der Waals surface area contributed by atoms with Crippen molar-refractivity contribution in [2.45, 2.75) is 6.18 Å². The summed E-state index contributed by atoms with van der Waals surface area (Å²) in [5.41, 5.74) is 3.84. The maximum absolute atomic E-state index is 12.3. The summed E-state index contributed by atoms with van der Waals surface area (Å²) < 4.78 is 36.9. The average Bonchev–Trinajstić information content (AvgIpc) is 2.14. The van der Waals surface area contributed by atoms with Crippen molar-refractivity contribution in [3.05, 3.63) is 34.6 Å². The van der Waals surface area contributed by atoms with Gasteiger partial charge in [-0.2, -0.15) is 13.2 Å². The molecule has 7 heteroatoms. The minimum atomic E-state index is -4.51. The molecule has 0 atom stereocenters. The Morgan fingerprint density at radius 2 is 2.12 bits per heavy atom. The highest BCUT2D eigenvalue weighted by Gasteiger charge is 2.31. The quantitative estimate of drug-likeness (QED) is 0.646.